The van der Waals surface area contributed by atoms with Crippen molar-refractivity contribution in [3.05, 3.63) is 56.9 Å². The molecule has 138 valence electrons. The largest absolute Gasteiger partial charge is 0.462 e. The van der Waals surface area contributed by atoms with Gasteiger partial charge in [0.1, 0.15) is 5.56 Å². The Hall–Kier alpha value is -1.92. The SMILES string of the molecule is CCOC(=O)c1cn(CC2CCOCC2)cc(-c2ccc(Br)cc2)c1=O. The van der Waals surface area contributed by atoms with Crippen LogP contribution in [0, 0.1) is 5.92 Å². The van der Waals surface area contributed by atoms with Crippen LogP contribution in [0.4, 0.5) is 0 Å². The van der Waals surface area contributed by atoms with Gasteiger partial charge >= 0.3 is 5.97 Å². The Bertz CT molecular complexity index is 823. The van der Waals surface area contributed by atoms with Crippen LogP contribution in [0.1, 0.15) is 30.1 Å². The van der Waals surface area contributed by atoms with Gasteiger partial charge < -0.3 is 14.0 Å². The summed E-state index contributed by atoms with van der Waals surface area (Å²) in [6, 6.07) is 7.51. The zero-order valence-electron chi connectivity index (χ0n) is 14.7. The van der Waals surface area contributed by atoms with Gasteiger partial charge in [-0.1, -0.05) is 28.1 Å². The van der Waals surface area contributed by atoms with E-state index in [1.54, 1.807) is 13.1 Å². The van der Waals surface area contributed by atoms with E-state index in [0.29, 0.717) is 11.5 Å². The molecule has 1 saturated heterocycles. The first-order valence-corrected chi connectivity index (χ1v) is 9.62. The summed E-state index contributed by atoms with van der Waals surface area (Å²) >= 11 is 3.41. The second-order valence-corrected chi connectivity index (χ2v) is 7.31. The highest BCUT2D eigenvalue weighted by Crippen LogP contribution is 2.22. The normalized spacial score (nSPS) is 15.0. The fraction of sp³-hybridized carbons (Fsp3) is 0.400. The number of rotatable bonds is 5. The fourth-order valence-electron chi connectivity index (χ4n) is 3.15. The minimum absolute atomic E-state index is 0.0827. The van der Waals surface area contributed by atoms with E-state index in [-0.39, 0.29) is 17.6 Å². The Balaban J connectivity index is 2.02. The van der Waals surface area contributed by atoms with Crippen LogP contribution in [0.5, 0.6) is 0 Å². The molecule has 1 aromatic heterocycles. The molecule has 0 atom stereocenters. The molecule has 2 aromatic rings. The molecule has 0 unspecified atom stereocenters. The first kappa shape index (κ1) is 18.9. The predicted octanol–water partition coefficient (Wildman–Crippen LogP) is 3.88. The first-order valence-electron chi connectivity index (χ1n) is 8.83. The number of carbonyl (C=O) groups is 1. The highest BCUT2D eigenvalue weighted by molar-refractivity contribution is 9.10. The number of benzene rings is 1. The molecule has 1 fully saturated rings. The number of pyridine rings is 1. The molecule has 1 aromatic carbocycles. The summed E-state index contributed by atoms with van der Waals surface area (Å²) in [6.07, 6.45) is 5.42. The molecule has 1 aliphatic rings. The van der Waals surface area contributed by atoms with Crippen molar-refractivity contribution < 1.29 is 14.3 Å². The molecule has 0 bridgehead atoms. The van der Waals surface area contributed by atoms with E-state index >= 15 is 0 Å². The van der Waals surface area contributed by atoms with Gasteiger partial charge in [-0.2, -0.15) is 0 Å². The maximum absolute atomic E-state index is 12.9. The van der Waals surface area contributed by atoms with E-state index in [2.05, 4.69) is 15.9 Å². The Morgan fingerprint density at radius 2 is 1.92 bits per heavy atom. The summed E-state index contributed by atoms with van der Waals surface area (Å²) in [5.74, 6) is -0.101. The predicted molar refractivity (Wildman–Crippen MR) is 103 cm³/mol. The zero-order valence-corrected chi connectivity index (χ0v) is 16.3. The lowest BCUT2D eigenvalue weighted by atomic mass is 9.99. The minimum Gasteiger partial charge on any atom is -0.462 e. The number of carbonyl (C=O) groups excluding carboxylic acids is 1. The Labute approximate surface area is 161 Å². The van der Waals surface area contributed by atoms with Crippen LogP contribution in [0.3, 0.4) is 0 Å². The summed E-state index contributed by atoms with van der Waals surface area (Å²) in [6.45, 7) is 4.24. The first-order chi connectivity index (χ1) is 12.6. The van der Waals surface area contributed by atoms with Crippen molar-refractivity contribution in [3.63, 3.8) is 0 Å². The van der Waals surface area contributed by atoms with Gasteiger partial charge in [0.2, 0.25) is 5.43 Å². The molecule has 0 amide bonds. The van der Waals surface area contributed by atoms with E-state index in [9.17, 15) is 9.59 Å². The lowest BCUT2D eigenvalue weighted by Gasteiger charge is -2.23. The van der Waals surface area contributed by atoms with Gasteiger partial charge in [-0.25, -0.2) is 4.79 Å². The second kappa shape index (κ2) is 8.64. The third kappa shape index (κ3) is 4.43. The molecule has 0 N–H and O–H groups in total. The van der Waals surface area contributed by atoms with Gasteiger partial charge in [0.25, 0.3) is 0 Å². The number of hydrogen-bond acceptors (Lipinski definition) is 4. The van der Waals surface area contributed by atoms with Crippen LogP contribution in [0.25, 0.3) is 11.1 Å². The number of nitrogens with zero attached hydrogens (tertiary/aromatic N) is 1. The number of esters is 1. The van der Waals surface area contributed by atoms with Crippen molar-refractivity contribution in [1.82, 2.24) is 4.57 Å². The van der Waals surface area contributed by atoms with E-state index < -0.39 is 5.97 Å². The standard InChI is InChI=1S/C20H22BrNO4/c1-2-26-20(24)18-13-22(11-14-7-9-25-10-8-14)12-17(19(18)23)15-3-5-16(21)6-4-15/h3-6,12-14H,2,7-11H2,1H3. The summed E-state index contributed by atoms with van der Waals surface area (Å²) in [5.41, 5.74) is 1.08. The van der Waals surface area contributed by atoms with E-state index in [4.69, 9.17) is 9.47 Å². The maximum atomic E-state index is 12.9. The molecular formula is C20H22BrNO4. The Kier molecular flexibility index (Phi) is 6.27. The molecule has 6 heteroatoms. The summed E-state index contributed by atoms with van der Waals surface area (Å²) in [4.78, 5) is 25.2. The van der Waals surface area contributed by atoms with Crippen LogP contribution in [-0.2, 0) is 16.0 Å². The van der Waals surface area contributed by atoms with Crippen LogP contribution in [0.2, 0.25) is 0 Å². The van der Waals surface area contributed by atoms with E-state index in [1.807, 2.05) is 35.0 Å². The number of hydrogen-bond donors (Lipinski definition) is 0. The molecule has 3 rings (SSSR count). The topological polar surface area (TPSA) is 57.5 Å². The molecule has 5 nitrogen and oxygen atoms in total. The van der Waals surface area contributed by atoms with Crippen molar-refractivity contribution in [2.45, 2.75) is 26.3 Å². The van der Waals surface area contributed by atoms with Crippen LogP contribution in [-0.4, -0.2) is 30.4 Å². The molecule has 0 aliphatic carbocycles. The van der Waals surface area contributed by atoms with Gasteiger partial charge in [-0.05, 0) is 43.4 Å². The van der Waals surface area contributed by atoms with Crippen molar-refractivity contribution in [2.24, 2.45) is 5.92 Å². The minimum atomic E-state index is -0.572. The summed E-state index contributed by atoms with van der Waals surface area (Å²) in [7, 11) is 0. The number of halogens is 1. The van der Waals surface area contributed by atoms with E-state index in [1.165, 1.54) is 0 Å². The molecule has 0 saturated carbocycles. The van der Waals surface area contributed by atoms with Crippen molar-refractivity contribution >= 4 is 21.9 Å². The third-order valence-corrected chi connectivity index (χ3v) is 5.07. The lowest BCUT2D eigenvalue weighted by Crippen LogP contribution is -2.25. The van der Waals surface area contributed by atoms with Crippen LogP contribution in [0.15, 0.2) is 45.9 Å². The van der Waals surface area contributed by atoms with Gasteiger partial charge in [-0.3, -0.25) is 4.79 Å². The van der Waals surface area contributed by atoms with Crippen LogP contribution < -0.4 is 5.43 Å². The molecular weight excluding hydrogens is 398 g/mol. The molecule has 2 heterocycles. The lowest BCUT2D eigenvalue weighted by molar-refractivity contribution is 0.0520. The third-order valence-electron chi connectivity index (χ3n) is 4.54. The Morgan fingerprint density at radius 3 is 2.58 bits per heavy atom. The average molecular weight is 420 g/mol. The molecule has 1 aliphatic heterocycles. The fourth-order valence-corrected chi connectivity index (χ4v) is 3.42. The van der Waals surface area contributed by atoms with E-state index in [0.717, 1.165) is 42.6 Å². The molecule has 0 radical (unpaired) electrons. The van der Waals surface area contributed by atoms with Crippen LogP contribution >= 0.6 is 15.9 Å². The quantitative estimate of drug-likeness (QED) is 0.689. The number of aromatic nitrogens is 1. The van der Waals surface area contributed by atoms with Crippen molar-refractivity contribution in [2.75, 3.05) is 19.8 Å². The average Bonchev–Trinajstić information content (AvgIpc) is 2.65. The summed E-state index contributed by atoms with van der Waals surface area (Å²) in [5, 5.41) is 0. The second-order valence-electron chi connectivity index (χ2n) is 6.39. The zero-order chi connectivity index (χ0) is 18.5. The monoisotopic (exact) mass is 419 g/mol. The van der Waals surface area contributed by atoms with Gasteiger partial charge in [0, 0.05) is 42.2 Å². The maximum Gasteiger partial charge on any atom is 0.343 e. The highest BCUT2D eigenvalue weighted by Gasteiger charge is 2.19. The molecule has 0 spiro atoms. The van der Waals surface area contributed by atoms with Gasteiger partial charge in [0.15, 0.2) is 0 Å². The molecule has 26 heavy (non-hydrogen) atoms. The van der Waals surface area contributed by atoms with Crippen molar-refractivity contribution in [3.8, 4) is 11.1 Å². The Morgan fingerprint density at radius 1 is 1.23 bits per heavy atom. The highest BCUT2D eigenvalue weighted by atomic mass is 79.9. The van der Waals surface area contributed by atoms with Gasteiger partial charge in [0.05, 0.1) is 6.61 Å². The summed E-state index contributed by atoms with van der Waals surface area (Å²) < 4.78 is 13.4. The number of ether oxygens (including phenoxy) is 2. The van der Waals surface area contributed by atoms with Gasteiger partial charge in [-0.15, -0.1) is 0 Å². The van der Waals surface area contributed by atoms with Crippen molar-refractivity contribution in [1.29, 1.82) is 0 Å². The smallest absolute Gasteiger partial charge is 0.343 e.